The predicted molar refractivity (Wildman–Crippen MR) is 150 cm³/mol. The summed E-state index contributed by atoms with van der Waals surface area (Å²) in [6.07, 6.45) is 4.76. The second-order valence-electron chi connectivity index (χ2n) is 13.0. The van der Waals surface area contributed by atoms with Crippen molar-refractivity contribution in [1.29, 1.82) is 0 Å². The molecule has 3 aliphatic rings. The first-order chi connectivity index (χ1) is 18.2. The molecule has 0 radical (unpaired) electrons. The van der Waals surface area contributed by atoms with Crippen LogP contribution in [0.1, 0.15) is 91.7 Å². The van der Waals surface area contributed by atoms with Crippen LogP contribution in [0.4, 0.5) is 0 Å². The summed E-state index contributed by atoms with van der Waals surface area (Å²) in [5.74, 6) is 0.390. The number of aliphatic hydroxyl groups excluding tert-OH is 1. The van der Waals surface area contributed by atoms with Gasteiger partial charge in [0.25, 0.3) is 0 Å². The summed E-state index contributed by atoms with van der Waals surface area (Å²) in [5, 5.41) is 21.8. The number of carbonyl (C=O) groups is 2. The molecule has 0 amide bonds. The Bertz CT molecular complexity index is 1110. The van der Waals surface area contributed by atoms with E-state index in [0.717, 1.165) is 24.8 Å². The number of Topliss-reactive ketones (excluding diaryl/α,β-unsaturated/α-hetero) is 1. The second-order valence-corrected chi connectivity index (χ2v) is 13.0. The van der Waals surface area contributed by atoms with Crippen LogP contribution in [0, 0.1) is 28.1 Å². The van der Waals surface area contributed by atoms with E-state index < -0.39 is 30.7 Å². The SMILES string of the molecule is C=C[C@]1(C)C[C@@H](OC(=O)COc2ccc3c(c2)B(O)OC3C)[C@@]2(C)C[C@](CCC(C)=O)(CC[C@H]2C)[C@@H](C)[C@@H]1O. The zero-order chi connectivity index (χ0) is 28.8. The molecular formula is C31H45BO7. The number of benzene rings is 1. The molecule has 1 aliphatic heterocycles. The fourth-order valence-electron chi connectivity index (χ4n) is 7.48. The van der Waals surface area contributed by atoms with E-state index >= 15 is 0 Å². The molecule has 2 saturated carbocycles. The molecule has 0 spiro atoms. The smallest absolute Gasteiger partial charge is 0.482 e. The monoisotopic (exact) mass is 540 g/mol. The van der Waals surface area contributed by atoms with Gasteiger partial charge in [0, 0.05) is 17.3 Å². The fraction of sp³-hybridized carbons (Fsp3) is 0.677. The number of aliphatic hydroxyl groups is 1. The molecule has 8 atom stereocenters. The minimum atomic E-state index is -1.01. The first kappa shape index (κ1) is 29.8. The normalized spacial score (nSPS) is 37.8. The minimum Gasteiger partial charge on any atom is -0.482 e. The first-order valence-electron chi connectivity index (χ1n) is 14.4. The molecule has 1 heterocycles. The van der Waals surface area contributed by atoms with Crippen LogP contribution in [-0.4, -0.2) is 47.8 Å². The van der Waals surface area contributed by atoms with Crippen LogP contribution in [0.3, 0.4) is 0 Å². The zero-order valence-corrected chi connectivity index (χ0v) is 24.4. The summed E-state index contributed by atoms with van der Waals surface area (Å²) < 4.78 is 17.5. The van der Waals surface area contributed by atoms with Gasteiger partial charge in [-0.25, -0.2) is 4.79 Å². The Morgan fingerprint density at radius 3 is 2.64 bits per heavy atom. The van der Waals surface area contributed by atoms with Crippen molar-refractivity contribution in [3.63, 3.8) is 0 Å². The highest BCUT2D eigenvalue weighted by molar-refractivity contribution is 6.61. The van der Waals surface area contributed by atoms with Gasteiger partial charge in [0.1, 0.15) is 17.6 Å². The van der Waals surface area contributed by atoms with Gasteiger partial charge in [0.15, 0.2) is 6.61 Å². The molecule has 2 aliphatic carbocycles. The van der Waals surface area contributed by atoms with Crippen LogP contribution >= 0.6 is 0 Å². The van der Waals surface area contributed by atoms with E-state index in [1.165, 1.54) is 0 Å². The lowest BCUT2D eigenvalue weighted by atomic mass is 9.47. The lowest BCUT2D eigenvalue weighted by Crippen LogP contribution is -2.58. The van der Waals surface area contributed by atoms with Gasteiger partial charge in [-0.1, -0.05) is 39.8 Å². The third kappa shape index (κ3) is 5.57. The number of fused-ring (bicyclic) bond motifs is 3. The highest BCUT2D eigenvalue weighted by Crippen LogP contribution is 2.62. The first-order valence-corrected chi connectivity index (χ1v) is 14.4. The van der Waals surface area contributed by atoms with Gasteiger partial charge >= 0.3 is 13.1 Å². The van der Waals surface area contributed by atoms with Gasteiger partial charge in [-0.2, -0.15) is 0 Å². The number of hydrogen-bond acceptors (Lipinski definition) is 7. The molecule has 4 rings (SSSR count). The van der Waals surface area contributed by atoms with Gasteiger partial charge in [0.05, 0.1) is 12.2 Å². The fourth-order valence-corrected chi connectivity index (χ4v) is 7.48. The number of rotatable bonds is 8. The number of hydrogen-bond donors (Lipinski definition) is 2. The Labute approximate surface area is 233 Å². The third-order valence-electron chi connectivity index (χ3n) is 10.6. The van der Waals surface area contributed by atoms with E-state index in [0.29, 0.717) is 36.4 Å². The predicted octanol–water partition coefficient (Wildman–Crippen LogP) is 4.53. The molecule has 0 saturated heterocycles. The van der Waals surface area contributed by atoms with Crippen molar-refractivity contribution in [2.75, 3.05) is 6.61 Å². The molecule has 2 bridgehead atoms. The minimum absolute atomic E-state index is 0.0338. The highest BCUT2D eigenvalue weighted by Gasteiger charge is 2.58. The molecule has 1 aromatic rings. The van der Waals surface area contributed by atoms with Crippen molar-refractivity contribution in [3.05, 3.63) is 36.4 Å². The van der Waals surface area contributed by atoms with Gasteiger partial charge in [-0.15, -0.1) is 6.58 Å². The van der Waals surface area contributed by atoms with E-state index in [2.05, 4.69) is 27.4 Å². The largest absolute Gasteiger partial charge is 0.492 e. The summed E-state index contributed by atoms with van der Waals surface area (Å²) >= 11 is 0. The van der Waals surface area contributed by atoms with Crippen LogP contribution in [0.15, 0.2) is 30.9 Å². The average molecular weight is 541 g/mol. The molecule has 7 nitrogen and oxygen atoms in total. The summed E-state index contributed by atoms with van der Waals surface area (Å²) in [6.45, 7) is 15.8. The van der Waals surface area contributed by atoms with E-state index in [4.69, 9.17) is 14.1 Å². The van der Waals surface area contributed by atoms with E-state index in [1.807, 2.05) is 19.9 Å². The molecular weight excluding hydrogens is 495 g/mol. The van der Waals surface area contributed by atoms with Gasteiger partial charge < -0.3 is 29.1 Å². The Kier molecular flexibility index (Phi) is 8.43. The summed E-state index contributed by atoms with van der Waals surface area (Å²) in [5.41, 5.74) is 0.301. The molecule has 8 heteroatoms. The molecule has 214 valence electrons. The van der Waals surface area contributed by atoms with Crippen LogP contribution < -0.4 is 10.2 Å². The molecule has 39 heavy (non-hydrogen) atoms. The van der Waals surface area contributed by atoms with Crippen molar-refractivity contribution in [2.45, 2.75) is 98.4 Å². The van der Waals surface area contributed by atoms with Gasteiger partial charge in [-0.3, -0.25) is 0 Å². The third-order valence-corrected chi connectivity index (χ3v) is 10.6. The summed E-state index contributed by atoms with van der Waals surface area (Å²) in [7, 11) is -1.01. The second kappa shape index (κ2) is 11.0. The van der Waals surface area contributed by atoms with Crippen LogP contribution in [-0.2, 0) is 19.0 Å². The van der Waals surface area contributed by atoms with Gasteiger partial charge in [0.2, 0.25) is 0 Å². The maximum Gasteiger partial charge on any atom is 0.492 e. The standard InChI is InChI=1S/C31H45BO7/c1-8-29(6)16-26(38-27(34)17-37-23-9-10-24-22(5)39-32(36)25(24)15-23)30(7)18-31(13-11-19(30)2,14-12-20(3)33)21(4)28(29)35/h8-10,15,19,21-22,26,28,35-36H,1,11-14,16-18H2,2-7H3/t19-,21+,22?,26-,28+,29-,30+,31-/m1/s1. The number of carbonyl (C=O) groups excluding carboxylic acids is 2. The average Bonchev–Trinajstić information content (AvgIpc) is 3.18. The van der Waals surface area contributed by atoms with Gasteiger partial charge in [-0.05, 0) is 86.4 Å². The summed E-state index contributed by atoms with van der Waals surface area (Å²) in [4.78, 5) is 25.3. The molecule has 1 unspecified atom stereocenters. The highest BCUT2D eigenvalue weighted by atomic mass is 16.6. The summed E-state index contributed by atoms with van der Waals surface area (Å²) in [6, 6.07) is 5.31. The maximum atomic E-state index is 13.2. The quantitative estimate of drug-likeness (QED) is 0.284. The van der Waals surface area contributed by atoms with E-state index in [9.17, 15) is 19.7 Å². The molecule has 1 aromatic carbocycles. The van der Waals surface area contributed by atoms with Crippen molar-refractivity contribution in [3.8, 4) is 5.75 Å². The maximum absolute atomic E-state index is 13.2. The number of esters is 1. The molecule has 2 N–H and O–H groups in total. The Morgan fingerprint density at radius 2 is 1.97 bits per heavy atom. The topological polar surface area (TPSA) is 102 Å². The van der Waals surface area contributed by atoms with Crippen LogP contribution in [0.25, 0.3) is 0 Å². The Hall–Kier alpha value is -2.16. The lowest BCUT2D eigenvalue weighted by Gasteiger charge is -2.60. The lowest BCUT2D eigenvalue weighted by molar-refractivity contribution is -0.190. The Morgan fingerprint density at radius 1 is 1.26 bits per heavy atom. The Balaban J connectivity index is 1.57. The molecule has 2 fully saturated rings. The van der Waals surface area contributed by atoms with Crippen LogP contribution in [0.5, 0.6) is 5.75 Å². The number of ether oxygens (including phenoxy) is 2. The van der Waals surface area contributed by atoms with Crippen LogP contribution in [0.2, 0.25) is 0 Å². The van der Waals surface area contributed by atoms with E-state index in [-0.39, 0.29) is 35.2 Å². The van der Waals surface area contributed by atoms with Crippen molar-refractivity contribution in [2.24, 2.45) is 28.1 Å². The molecule has 0 aromatic heterocycles. The number of ketones is 1. The zero-order valence-electron chi connectivity index (χ0n) is 24.4. The van der Waals surface area contributed by atoms with Crippen molar-refractivity contribution >= 4 is 24.3 Å². The van der Waals surface area contributed by atoms with Crippen molar-refractivity contribution in [1.82, 2.24) is 0 Å². The van der Waals surface area contributed by atoms with E-state index in [1.54, 1.807) is 25.1 Å². The van der Waals surface area contributed by atoms with Crippen molar-refractivity contribution < 1.29 is 33.8 Å².